The molecule has 6 nitrogen and oxygen atoms in total. The lowest BCUT2D eigenvalue weighted by Crippen LogP contribution is -2.36. The predicted molar refractivity (Wildman–Crippen MR) is 66.6 cm³/mol. The molecule has 0 unspecified atom stereocenters. The number of aromatic nitrogens is 2. The van der Waals surface area contributed by atoms with Gasteiger partial charge in [0.2, 0.25) is 0 Å². The number of aryl methyl sites for hydroxylation is 1. The fraction of sp³-hybridized carbons (Fsp3) is 0.545. The number of carbonyl (C=O) groups excluding carboxylic acids is 1. The van der Waals surface area contributed by atoms with E-state index in [0.29, 0.717) is 6.42 Å². The average molecular weight is 274 g/mol. The summed E-state index contributed by atoms with van der Waals surface area (Å²) in [5.41, 5.74) is 0.116. The highest BCUT2D eigenvalue weighted by atomic mass is 35.5. The van der Waals surface area contributed by atoms with Crippen LogP contribution in [0.4, 0.5) is 0 Å². The molecule has 2 N–H and O–H groups in total. The van der Waals surface area contributed by atoms with Crippen molar-refractivity contribution in [3.63, 3.8) is 0 Å². The maximum atomic E-state index is 11.9. The maximum Gasteiger partial charge on any atom is 0.305 e. The molecule has 0 aromatic carbocycles. The van der Waals surface area contributed by atoms with Crippen LogP contribution in [0.25, 0.3) is 0 Å². The lowest BCUT2D eigenvalue weighted by molar-refractivity contribution is -0.137. The third-order valence-corrected chi connectivity index (χ3v) is 2.67. The SMILES string of the molecule is CCC[C@@H](CC(=O)O)NC(=O)c1nn(C)cc1Cl. The van der Waals surface area contributed by atoms with E-state index in [9.17, 15) is 9.59 Å². The summed E-state index contributed by atoms with van der Waals surface area (Å²) in [6.07, 6.45) is 2.79. The van der Waals surface area contributed by atoms with Crippen LogP contribution < -0.4 is 5.32 Å². The highest BCUT2D eigenvalue weighted by Crippen LogP contribution is 2.13. The molecule has 1 heterocycles. The number of aliphatic carboxylic acids is 1. The molecule has 0 radical (unpaired) electrons. The molecule has 0 fully saturated rings. The molecule has 0 aliphatic carbocycles. The van der Waals surface area contributed by atoms with Crippen LogP contribution in [0.15, 0.2) is 6.20 Å². The Balaban J connectivity index is 2.71. The fourth-order valence-electron chi connectivity index (χ4n) is 1.65. The van der Waals surface area contributed by atoms with Gasteiger partial charge in [0.25, 0.3) is 5.91 Å². The quantitative estimate of drug-likeness (QED) is 0.821. The standard InChI is InChI=1S/C11H16ClN3O3/c1-3-4-7(5-9(16)17)13-11(18)10-8(12)6-15(2)14-10/h6-7H,3-5H2,1-2H3,(H,13,18)(H,16,17)/t7-/m0/s1. The molecule has 7 heteroatoms. The molecule has 1 atom stereocenters. The first kappa shape index (κ1) is 14.5. The van der Waals surface area contributed by atoms with Gasteiger partial charge in [0, 0.05) is 19.3 Å². The van der Waals surface area contributed by atoms with Gasteiger partial charge in [-0.3, -0.25) is 14.3 Å². The topological polar surface area (TPSA) is 84.2 Å². The monoisotopic (exact) mass is 273 g/mol. The van der Waals surface area contributed by atoms with Gasteiger partial charge in [-0.15, -0.1) is 0 Å². The predicted octanol–water partition coefficient (Wildman–Crippen LogP) is 1.45. The zero-order chi connectivity index (χ0) is 13.7. The van der Waals surface area contributed by atoms with E-state index in [0.717, 1.165) is 6.42 Å². The number of carbonyl (C=O) groups is 2. The van der Waals surface area contributed by atoms with E-state index in [1.54, 1.807) is 7.05 Å². The minimum absolute atomic E-state index is 0.107. The number of amides is 1. The van der Waals surface area contributed by atoms with Gasteiger partial charge in [-0.05, 0) is 6.42 Å². The summed E-state index contributed by atoms with van der Waals surface area (Å²) >= 11 is 5.85. The van der Waals surface area contributed by atoms with E-state index < -0.39 is 17.9 Å². The van der Waals surface area contributed by atoms with Crippen molar-refractivity contribution in [2.24, 2.45) is 7.05 Å². The van der Waals surface area contributed by atoms with Crippen LogP contribution in [0.2, 0.25) is 5.02 Å². The van der Waals surface area contributed by atoms with Crippen molar-refractivity contribution in [2.75, 3.05) is 0 Å². The Labute approximate surface area is 110 Å². The Morgan fingerprint density at radius 2 is 2.28 bits per heavy atom. The molecule has 1 amide bonds. The number of nitrogens with one attached hydrogen (secondary N) is 1. The van der Waals surface area contributed by atoms with Crippen molar-refractivity contribution in [3.8, 4) is 0 Å². The lowest BCUT2D eigenvalue weighted by atomic mass is 10.1. The minimum Gasteiger partial charge on any atom is -0.481 e. The molecule has 18 heavy (non-hydrogen) atoms. The maximum absolute atomic E-state index is 11.9. The second kappa shape index (κ2) is 6.39. The Morgan fingerprint density at radius 1 is 1.61 bits per heavy atom. The molecule has 0 spiro atoms. The number of carboxylic acid groups (broad SMARTS) is 1. The van der Waals surface area contributed by atoms with Crippen LogP contribution in [0.5, 0.6) is 0 Å². The Kier molecular flexibility index (Phi) is 5.15. The van der Waals surface area contributed by atoms with Crippen LogP contribution in [-0.2, 0) is 11.8 Å². The van der Waals surface area contributed by atoms with Crippen molar-refractivity contribution in [1.82, 2.24) is 15.1 Å². The van der Waals surface area contributed by atoms with Gasteiger partial charge in [0.05, 0.1) is 11.4 Å². The van der Waals surface area contributed by atoms with Crippen molar-refractivity contribution < 1.29 is 14.7 Å². The number of carboxylic acids is 1. The Bertz CT molecular complexity index is 445. The highest BCUT2D eigenvalue weighted by molar-refractivity contribution is 6.33. The third-order valence-electron chi connectivity index (χ3n) is 2.39. The van der Waals surface area contributed by atoms with Crippen molar-refractivity contribution in [2.45, 2.75) is 32.2 Å². The Morgan fingerprint density at radius 3 is 2.72 bits per heavy atom. The number of rotatable bonds is 6. The van der Waals surface area contributed by atoms with E-state index in [2.05, 4.69) is 10.4 Å². The van der Waals surface area contributed by atoms with Crippen molar-refractivity contribution >= 4 is 23.5 Å². The minimum atomic E-state index is -0.944. The van der Waals surface area contributed by atoms with Gasteiger partial charge in [0.15, 0.2) is 5.69 Å². The van der Waals surface area contributed by atoms with E-state index in [4.69, 9.17) is 16.7 Å². The Hall–Kier alpha value is -1.56. The highest BCUT2D eigenvalue weighted by Gasteiger charge is 2.20. The molecule has 0 aliphatic rings. The lowest BCUT2D eigenvalue weighted by Gasteiger charge is -2.15. The summed E-state index contributed by atoms with van der Waals surface area (Å²) in [6, 6.07) is -0.405. The van der Waals surface area contributed by atoms with Crippen molar-refractivity contribution in [1.29, 1.82) is 0 Å². The van der Waals surface area contributed by atoms with Gasteiger partial charge in [-0.1, -0.05) is 24.9 Å². The summed E-state index contributed by atoms with van der Waals surface area (Å²) in [7, 11) is 1.66. The largest absolute Gasteiger partial charge is 0.481 e. The van der Waals surface area contributed by atoms with Gasteiger partial charge in [-0.25, -0.2) is 0 Å². The summed E-state index contributed by atoms with van der Waals surface area (Å²) in [6.45, 7) is 1.93. The van der Waals surface area contributed by atoms with E-state index in [1.165, 1.54) is 10.9 Å². The van der Waals surface area contributed by atoms with E-state index in [1.807, 2.05) is 6.92 Å². The van der Waals surface area contributed by atoms with Gasteiger partial charge >= 0.3 is 5.97 Å². The fourth-order valence-corrected chi connectivity index (χ4v) is 1.92. The smallest absolute Gasteiger partial charge is 0.305 e. The van der Waals surface area contributed by atoms with Gasteiger partial charge < -0.3 is 10.4 Å². The number of hydrogen-bond acceptors (Lipinski definition) is 3. The number of halogens is 1. The normalized spacial score (nSPS) is 12.2. The van der Waals surface area contributed by atoms with Crippen LogP contribution >= 0.6 is 11.6 Å². The summed E-state index contributed by atoms with van der Waals surface area (Å²) in [5.74, 6) is -1.39. The first-order chi connectivity index (χ1) is 8.43. The molecular formula is C11H16ClN3O3. The molecule has 1 aromatic heterocycles. The summed E-state index contributed by atoms with van der Waals surface area (Å²) in [4.78, 5) is 22.6. The van der Waals surface area contributed by atoms with Crippen LogP contribution in [0.3, 0.4) is 0 Å². The van der Waals surface area contributed by atoms with E-state index in [-0.39, 0.29) is 17.1 Å². The molecule has 0 saturated heterocycles. The van der Waals surface area contributed by atoms with E-state index >= 15 is 0 Å². The number of nitrogens with zero attached hydrogens (tertiary/aromatic N) is 2. The molecule has 1 aromatic rings. The van der Waals surface area contributed by atoms with Gasteiger partial charge in [0.1, 0.15) is 0 Å². The molecule has 0 aliphatic heterocycles. The van der Waals surface area contributed by atoms with Gasteiger partial charge in [-0.2, -0.15) is 5.10 Å². The molecule has 1 rings (SSSR count). The zero-order valence-corrected chi connectivity index (χ0v) is 11.1. The second-order valence-electron chi connectivity index (χ2n) is 4.06. The first-order valence-corrected chi connectivity index (χ1v) is 6.03. The molecular weight excluding hydrogens is 258 g/mol. The van der Waals surface area contributed by atoms with Crippen LogP contribution in [-0.4, -0.2) is 32.8 Å². The third kappa shape index (κ3) is 4.03. The molecule has 100 valence electrons. The molecule has 0 saturated carbocycles. The average Bonchev–Trinajstić information content (AvgIpc) is 2.57. The second-order valence-corrected chi connectivity index (χ2v) is 4.46. The van der Waals surface area contributed by atoms with Crippen LogP contribution in [0, 0.1) is 0 Å². The summed E-state index contributed by atoms with van der Waals surface area (Å²) < 4.78 is 1.43. The molecule has 0 bridgehead atoms. The van der Waals surface area contributed by atoms with Crippen molar-refractivity contribution in [3.05, 3.63) is 16.9 Å². The zero-order valence-electron chi connectivity index (χ0n) is 10.3. The number of hydrogen-bond donors (Lipinski definition) is 2. The first-order valence-electron chi connectivity index (χ1n) is 5.65. The van der Waals surface area contributed by atoms with Crippen LogP contribution in [0.1, 0.15) is 36.7 Å². The summed E-state index contributed by atoms with van der Waals surface area (Å²) in [5, 5.41) is 15.6.